The molecule has 2 aliphatic heterocycles. The van der Waals surface area contributed by atoms with Gasteiger partial charge in [-0.15, -0.1) is 0 Å². The molecule has 2 heterocycles. The summed E-state index contributed by atoms with van der Waals surface area (Å²) in [6.07, 6.45) is 3.20. The van der Waals surface area contributed by atoms with Gasteiger partial charge in [0, 0.05) is 48.5 Å². The van der Waals surface area contributed by atoms with Gasteiger partial charge in [-0.2, -0.15) is 0 Å². The summed E-state index contributed by atoms with van der Waals surface area (Å²) in [5.74, 6) is -0.181. The third kappa shape index (κ3) is 6.17. The minimum atomic E-state index is -0.595. The normalized spacial score (nSPS) is 20.5. The number of carbonyl (C=O) groups is 2. The van der Waals surface area contributed by atoms with Crippen LogP contribution >= 0.6 is 15.9 Å². The molecule has 0 bridgehead atoms. The smallest absolute Gasteiger partial charge is 0.322 e. The fourth-order valence-electron chi connectivity index (χ4n) is 4.54. The monoisotopic (exact) mass is 528 g/mol. The van der Waals surface area contributed by atoms with Crippen LogP contribution in [0.2, 0.25) is 0 Å². The van der Waals surface area contributed by atoms with E-state index in [4.69, 9.17) is 4.74 Å². The molecule has 0 radical (unpaired) electrons. The first-order chi connectivity index (χ1) is 16.4. The predicted molar refractivity (Wildman–Crippen MR) is 138 cm³/mol. The number of hydrogen-bond donors (Lipinski definition) is 2. The molecule has 3 amide bonds. The molecular formula is C26H33BrN4O3. The number of amides is 3. The van der Waals surface area contributed by atoms with Gasteiger partial charge in [-0.3, -0.25) is 4.79 Å². The van der Waals surface area contributed by atoms with Crippen molar-refractivity contribution < 1.29 is 14.3 Å². The van der Waals surface area contributed by atoms with E-state index in [1.54, 1.807) is 4.90 Å². The molecule has 2 aliphatic rings. The molecular weight excluding hydrogens is 496 g/mol. The second kappa shape index (κ2) is 11.3. The number of rotatable bonds is 6. The molecule has 2 aromatic rings. The van der Waals surface area contributed by atoms with Crippen molar-refractivity contribution in [2.75, 3.05) is 43.9 Å². The fourth-order valence-corrected chi connectivity index (χ4v) is 4.81. The topological polar surface area (TPSA) is 73.9 Å². The number of nitrogens with zero attached hydrogens (tertiary/aromatic N) is 2. The number of urea groups is 1. The van der Waals surface area contributed by atoms with Crippen molar-refractivity contribution in [3.8, 4) is 0 Å². The van der Waals surface area contributed by atoms with Crippen LogP contribution in [0.3, 0.4) is 0 Å². The summed E-state index contributed by atoms with van der Waals surface area (Å²) in [6, 6.07) is 12.7. The Bertz CT molecular complexity index is 1010. The highest BCUT2D eigenvalue weighted by Crippen LogP contribution is 2.25. The van der Waals surface area contributed by atoms with Gasteiger partial charge in [0.2, 0.25) is 5.91 Å². The number of hydrogen-bond acceptors (Lipinski definition) is 4. The molecule has 2 aromatic carbocycles. The Morgan fingerprint density at radius 1 is 1.03 bits per heavy atom. The van der Waals surface area contributed by atoms with E-state index in [1.807, 2.05) is 37.3 Å². The maximum atomic E-state index is 13.3. The third-order valence-electron chi connectivity index (χ3n) is 6.48. The Labute approximate surface area is 210 Å². The van der Waals surface area contributed by atoms with Gasteiger partial charge < -0.3 is 25.2 Å². The van der Waals surface area contributed by atoms with Crippen LogP contribution in [0.5, 0.6) is 0 Å². The predicted octanol–water partition coefficient (Wildman–Crippen LogP) is 4.52. The van der Waals surface area contributed by atoms with Crippen LogP contribution < -0.4 is 10.6 Å². The second-order valence-electron chi connectivity index (χ2n) is 9.11. The highest BCUT2D eigenvalue weighted by Gasteiger charge is 2.40. The Morgan fingerprint density at radius 3 is 2.47 bits per heavy atom. The number of anilines is 2. The minimum absolute atomic E-state index is 0.158. The number of likely N-dealkylation sites (tertiary alicyclic amines) is 1. The van der Waals surface area contributed by atoms with Gasteiger partial charge in [-0.05, 0) is 73.8 Å². The van der Waals surface area contributed by atoms with E-state index >= 15 is 0 Å². The molecule has 8 heteroatoms. The molecule has 2 N–H and O–H groups in total. The van der Waals surface area contributed by atoms with Crippen LogP contribution in [-0.4, -0.2) is 67.2 Å². The molecule has 34 heavy (non-hydrogen) atoms. The quantitative estimate of drug-likeness (QED) is 0.578. The molecule has 182 valence electrons. The van der Waals surface area contributed by atoms with E-state index in [0.717, 1.165) is 42.5 Å². The average molecular weight is 529 g/mol. The molecule has 7 nitrogen and oxygen atoms in total. The van der Waals surface area contributed by atoms with E-state index < -0.39 is 6.04 Å². The average Bonchev–Trinajstić information content (AvgIpc) is 3.18. The Hall–Kier alpha value is -2.42. The third-order valence-corrected chi connectivity index (χ3v) is 7.01. The van der Waals surface area contributed by atoms with E-state index in [9.17, 15) is 9.59 Å². The largest absolute Gasteiger partial charge is 0.376 e. The Kier molecular flexibility index (Phi) is 8.24. The summed E-state index contributed by atoms with van der Waals surface area (Å²) in [7, 11) is 2.14. The summed E-state index contributed by atoms with van der Waals surface area (Å²) in [5, 5.41) is 5.98. The van der Waals surface area contributed by atoms with Crippen molar-refractivity contribution in [3.05, 3.63) is 58.1 Å². The highest BCUT2D eigenvalue weighted by molar-refractivity contribution is 9.10. The van der Waals surface area contributed by atoms with Crippen LogP contribution in [-0.2, 0) is 22.4 Å². The lowest BCUT2D eigenvalue weighted by Gasteiger charge is -2.24. The van der Waals surface area contributed by atoms with Crippen LogP contribution in [0.25, 0.3) is 0 Å². The van der Waals surface area contributed by atoms with Crippen LogP contribution in [0, 0.1) is 0 Å². The molecule has 0 saturated carbocycles. The molecule has 2 atom stereocenters. The first kappa shape index (κ1) is 24.7. The SMILES string of the molecule is CCCO[C@@H]1C[C@H](C(=O)Nc2ccc3c(c2)CCN(C)CC3)N(C(=O)Nc2ccc(Br)cc2)C1. The lowest BCUT2D eigenvalue weighted by Crippen LogP contribution is -2.45. The number of benzene rings is 2. The van der Waals surface area contributed by atoms with Crippen molar-refractivity contribution in [2.24, 2.45) is 0 Å². The van der Waals surface area contributed by atoms with Crippen LogP contribution in [0.4, 0.5) is 16.2 Å². The van der Waals surface area contributed by atoms with Crippen molar-refractivity contribution in [3.63, 3.8) is 0 Å². The first-order valence-electron chi connectivity index (χ1n) is 12.0. The van der Waals surface area contributed by atoms with Gasteiger partial charge in [0.15, 0.2) is 0 Å². The fraction of sp³-hybridized carbons (Fsp3) is 0.462. The molecule has 4 rings (SSSR count). The molecule has 0 aliphatic carbocycles. The van der Waals surface area contributed by atoms with Gasteiger partial charge in [-0.25, -0.2) is 4.79 Å². The zero-order valence-electron chi connectivity index (χ0n) is 19.9. The second-order valence-corrected chi connectivity index (χ2v) is 10.0. The lowest BCUT2D eigenvalue weighted by atomic mass is 10.0. The maximum Gasteiger partial charge on any atom is 0.322 e. The van der Waals surface area contributed by atoms with Gasteiger partial charge in [0.05, 0.1) is 6.10 Å². The lowest BCUT2D eigenvalue weighted by molar-refractivity contribution is -0.119. The summed E-state index contributed by atoms with van der Waals surface area (Å²) in [5.41, 5.74) is 4.08. The number of carbonyl (C=O) groups excluding carboxylic acids is 2. The van der Waals surface area contributed by atoms with E-state index in [-0.39, 0.29) is 18.0 Å². The van der Waals surface area contributed by atoms with Crippen molar-refractivity contribution >= 4 is 39.2 Å². The summed E-state index contributed by atoms with van der Waals surface area (Å²) < 4.78 is 6.85. The Morgan fingerprint density at radius 2 is 1.74 bits per heavy atom. The molecule has 1 saturated heterocycles. The van der Waals surface area contributed by atoms with E-state index in [1.165, 1.54) is 11.1 Å². The summed E-state index contributed by atoms with van der Waals surface area (Å²) in [6.45, 7) is 5.10. The van der Waals surface area contributed by atoms with Crippen molar-refractivity contribution in [2.45, 2.75) is 44.8 Å². The number of halogens is 1. The number of fused-ring (bicyclic) bond motifs is 1. The zero-order chi connectivity index (χ0) is 24.1. The van der Waals surface area contributed by atoms with Crippen LogP contribution in [0.15, 0.2) is 46.9 Å². The van der Waals surface area contributed by atoms with Crippen molar-refractivity contribution in [1.29, 1.82) is 0 Å². The highest BCUT2D eigenvalue weighted by atomic mass is 79.9. The van der Waals surface area contributed by atoms with Gasteiger partial charge >= 0.3 is 6.03 Å². The van der Waals surface area contributed by atoms with E-state index in [2.05, 4.69) is 50.6 Å². The summed E-state index contributed by atoms with van der Waals surface area (Å²) >= 11 is 3.41. The Balaban J connectivity index is 1.47. The number of nitrogens with one attached hydrogen (secondary N) is 2. The maximum absolute atomic E-state index is 13.3. The van der Waals surface area contributed by atoms with Gasteiger partial charge in [0.25, 0.3) is 0 Å². The molecule has 0 aromatic heterocycles. The number of likely N-dealkylation sites (N-methyl/N-ethyl adjacent to an activating group) is 1. The summed E-state index contributed by atoms with van der Waals surface area (Å²) in [4.78, 5) is 30.4. The minimum Gasteiger partial charge on any atom is -0.376 e. The molecule has 0 spiro atoms. The van der Waals surface area contributed by atoms with Gasteiger partial charge in [0.1, 0.15) is 6.04 Å². The molecule has 0 unspecified atom stereocenters. The number of ether oxygens (including phenoxy) is 1. The zero-order valence-corrected chi connectivity index (χ0v) is 21.4. The van der Waals surface area contributed by atoms with E-state index in [0.29, 0.717) is 25.3 Å². The molecule has 1 fully saturated rings. The standard InChI is InChI=1S/C26H33BrN4O3/c1-3-14-34-23-16-24(31(17-23)26(33)29-21-8-5-20(27)6-9-21)25(32)28-22-7-4-18-10-12-30(2)13-11-19(18)15-22/h4-9,15,23-24H,3,10-14,16-17H2,1-2H3,(H,28,32)(H,29,33)/t23-,24-/m1/s1. The van der Waals surface area contributed by atoms with Gasteiger partial charge in [-0.1, -0.05) is 28.9 Å². The van der Waals surface area contributed by atoms with Crippen molar-refractivity contribution in [1.82, 2.24) is 9.80 Å². The first-order valence-corrected chi connectivity index (χ1v) is 12.8. The van der Waals surface area contributed by atoms with Crippen LogP contribution in [0.1, 0.15) is 30.9 Å².